The summed E-state index contributed by atoms with van der Waals surface area (Å²) < 4.78 is 10.7. The minimum absolute atomic E-state index is 0.122. The summed E-state index contributed by atoms with van der Waals surface area (Å²) in [6, 6.07) is 8.23. The molecule has 1 aromatic rings. The number of methoxy groups -OCH3 is 1. The molecule has 0 spiro atoms. The Kier molecular flexibility index (Phi) is 5.55. The number of fused-ring (bicyclic) bond motifs is 1. The molecule has 0 radical (unpaired) electrons. The molecule has 1 aromatic carbocycles. The van der Waals surface area contributed by atoms with Gasteiger partial charge >= 0.3 is 5.97 Å². The van der Waals surface area contributed by atoms with Gasteiger partial charge < -0.3 is 9.47 Å². The van der Waals surface area contributed by atoms with Gasteiger partial charge in [-0.2, -0.15) is 0 Å². The van der Waals surface area contributed by atoms with Crippen molar-refractivity contribution < 1.29 is 14.3 Å². The summed E-state index contributed by atoms with van der Waals surface area (Å²) in [6.07, 6.45) is 6.66. The van der Waals surface area contributed by atoms with Gasteiger partial charge in [0.25, 0.3) is 0 Å². The van der Waals surface area contributed by atoms with E-state index in [-0.39, 0.29) is 5.97 Å². The molecule has 2 aliphatic heterocycles. The summed E-state index contributed by atoms with van der Waals surface area (Å²) in [7, 11) is 1.64. The highest BCUT2D eigenvalue weighted by atomic mass is 16.5. The first kappa shape index (κ1) is 16.3. The first-order chi connectivity index (χ1) is 11.3. The number of ether oxygens (including phenoxy) is 2. The van der Waals surface area contributed by atoms with Crippen molar-refractivity contribution in [3.8, 4) is 5.75 Å². The van der Waals surface area contributed by atoms with Crippen molar-refractivity contribution in [2.75, 3.05) is 26.8 Å². The zero-order valence-electron chi connectivity index (χ0n) is 14.0. The van der Waals surface area contributed by atoms with E-state index in [0.717, 1.165) is 11.3 Å². The number of hydrogen-bond acceptors (Lipinski definition) is 4. The van der Waals surface area contributed by atoms with E-state index in [0.29, 0.717) is 25.0 Å². The smallest absolute Gasteiger partial charge is 0.310 e. The summed E-state index contributed by atoms with van der Waals surface area (Å²) in [5.74, 6) is 1.20. The molecule has 2 saturated heterocycles. The Morgan fingerprint density at radius 3 is 2.70 bits per heavy atom. The van der Waals surface area contributed by atoms with Crippen LogP contribution in [0.5, 0.6) is 5.75 Å². The van der Waals surface area contributed by atoms with Gasteiger partial charge in [-0.3, -0.25) is 9.69 Å². The normalized spacial score (nSPS) is 24.7. The van der Waals surface area contributed by atoms with Gasteiger partial charge in [0.1, 0.15) is 5.75 Å². The molecule has 4 nitrogen and oxygen atoms in total. The number of hydrogen-bond donors (Lipinski definition) is 0. The number of rotatable bonds is 5. The SMILES string of the molecule is COc1ccc(CC(=O)OC[C@@H]2CCCN3CCCC[C@H]23)cc1. The minimum atomic E-state index is -0.122. The van der Waals surface area contributed by atoms with Crippen molar-refractivity contribution >= 4 is 5.97 Å². The second kappa shape index (κ2) is 7.82. The third-order valence-electron chi connectivity index (χ3n) is 5.19. The average molecular weight is 317 g/mol. The van der Waals surface area contributed by atoms with E-state index in [4.69, 9.17) is 9.47 Å². The van der Waals surface area contributed by atoms with Crippen molar-refractivity contribution in [2.24, 2.45) is 5.92 Å². The summed E-state index contributed by atoms with van der Waals surface area (Å²) in [4.78, 5) is 14.7. The Hall–Kier alpha value is -1.55. The molecular weight excluding hydrogens is 290 g/mol. The van der Waals surface area contributed by atoms with Crippen LogP contribution in [0.3, 0.4) is 0 Å². The second-order valence-corrected chi connectivity index (χ2v) is 6.71. The molecule has 2 fully saturated rings. The predicted molar refractivity (Wildman–Crippen MR) is 89.6 cm³/mol. The van der Waals surface area contributed by atoms with Crippen molar-refractivity contribution in [2.45, 2.75) is 44.6 Å². The number of nitrogens with zero attached hydrogens (tertiary/aromatic N) is 1. The fourth-order valence-corrected chi connectivity index (χ4v) is 3.93. The third kappa shape index (κ3) is 4.25. The first-order valence-electron chi connectivity index (χ1n) is 8.79. The molecule has 0 amide bonds. The Bertz CT molecular complexity index is 512. The van der Waals surface area contributed by atoms with Gasteiger partial charge in [0.15, 0.2) is 0 Å². The van der Waals surface area contributed by atoms with Gasteiger partial charge in [0.2, 0.25) is 0 Å². The minimum Gasteiger partial charge on any atom is -0.497 e. The van der Waals surface area contributed by atoms with E-state index in [1.54, 1.807) is 7.11 Å². The van der Waals surface area contributed by atoms with Gasteiger partial charge in [-0.1, -0.05) is 18.6 Å². The monoisotopic (exact) mass is 317 g/mol. The van der Waals surface area contributed by atoms with E-state index in [2.05, 4.69) is 4.90 Å². The molecule has 0 N–H and O–H groups in total. The molecule has 2 aliphatic rings. The molecule has 2 heterocycles. The number of carbonyl (C=O) groups is 1. The second-order valence-electron chi connectivity index (χ2n) is 6.71. The molecule has 0 bridgehead atoms. The largest absolute Gasteiger partial charge is 0.497 e. The Labute approximate surface area is 138 Å². The maximum atomic E-state index is 12.1. The third-order valence-corrected chi connectivity index (χ3v) is 5.19. The standard InChI is InChI=1S/C19H27NO3/c1-22-17-9-7-15(8-10-17)13-19(21)23-14-16-5-4-12-20-11-3-2-6-18(16)20/h7-10,16,18H,2-6,11-14H2,1H3/t16-,18+/m0/s1. The zero-order chi connectivity index (χ0) is 16.1. The Balaban J connectivity index is 1.47. The van der Waals surface area contributed by atoms with Gasteiger partial charge in [0, 0.05) is 12.0 Å². The molecule has 0 aromatic heterocycles. The highest BCUT2D eigenvalue weighted by Crippen LogP contribution is 2.31. The van der Waals surface area contributed by atoms with Gasteiger partial charge in [-0.15, -0.1) is 0 Å². The van der Waals surface area contributed by atoms with Crippen LogP contribution in [0.4, 0.5) is 0 Å². The van der Waals surface area contributed by atoms with Crippen LogP contribution >= 0.6 is 0 Å². The summed E-state index contributed by atoms with van der Waals surface area (Å²) in [6.45, 7) is 3.03. The van der Waals surface area contributed by atoms with Crippen LogP contribution in [-0.2, 0) is 16.0 Å². The summed E-state index contributed by atoms with van der Waals surface area (Å²) >= 11 is 0. The fraction of sp³-hybridized carbons (Fsp3) is 0.632. The maximum absolute atomic E-state index is 12.1. The number of esters is 1. The quantitative estimate of drug-likeness (QED) is 0.783. The first-order valence-corrected chi connectivity index (χ1v) is 8.79. The van der Waals surface area contributed by atoms with E-state index in [1.165, 1.54) is 45.2 Å². The molecule has 2 atom stereocenters. The van der Waals surface area contributed by atoms with Crippen LogP contribution in [-0.4, -0.2) is 43.7 Å². The lowest BCUT2D eigenvalue weighted by atomic mass is 9.84. The summed E-state index contributed by atoms with van der Waals surface area (Å²) in [5, 5.41) is 0. The number of benzene rings is 1. The van der Waals surface area contributed by atoms with Crippen molar-refractivity contribution in [1.29, 1.82) is 0 Å². The average Bonchev–Trinajstić information content (AvgIpc) is 2.60. The van der Waals surface area contributed by atoms with Crippen LogP contribution in [0.25, 0.3) is 0 Å². The highest BCUT2D eigenvalue weighted by Gasteiger charge is 2.33. The molecule has 4 heteroatoms. The van der Waals surface area contributed by atoms with Gasteiger partial charge in [-0.05, 0) is 56.5 Å². The van der Waals surface area contributed by atoms with Crippen LogP contribution < -0.4 is 4.74 Å². The molecule has 0 unspecified atom stereocenters. The van der Waals surface area contributed by atoms with Crippen molar-refractivity contribution in [1.82, 2.24) is 4.90 Å². The topological polar surface area (TPSA) is 38.8 Å². The molecule has 3 rings (SSSR count). The van der Waals surface area contributed by atoms with Crippen LogP contribution in [0.15, 0.2) is 24.3 Å². The van der Waals surface area contributed by atoms with Crippen molar-refractivity contribution in [3.05, 3.63) is 29.8 Å². The molecule has 23 heavy (non-hydrogen) atoms. The van der Waals surface area contributed by atoms with Crippen LogP contribution in [0.1, 0.15) is 37.7 Å². The number of piperidine rings is 2. The lowest BCUT2D eigenvalue weighted by molar-refractivity contribution is -0.145. The lowest BCUT2D eigenvalue weighted by Gasteiger charge is -2.44. The molecule has 0 saturated carbocycles. The van der Waals surface area contributed by atoms with Gasteiger partial charge in [-0.25, -0.2) is 0 Å². The van der Waals surface area contributed by atoms with Crippen LogP contribution in [0.2, 0.25) is 0 Å². The predicted octanol–water partition coefficient (Wildman–Crippen LogP) is 3.05. The van der Waals surface area contributed by atoms with Crippen molar-refractivity contribution in [3.63, 3.8) is 0 Å². The van der Waals surface area contributed by atoms with Gasteiger partial charge in [0.05, 0.1) is 20.1 Å². The summed E-state index contributed by atoms with van der Waals surface area (Å²) in [5.41, 5.74) is 0.971. The maximum Gasteiger partial charge on any atom is 0.310 e. The fourth-order valence-electron chi connectivity index (χ4n) is 3.93. The lowest BCUT2D eigenvalue weighted by Crippen LogP contribution is -2.49. The molecular formula is C19H27NO3. The zero-order valence-corrected chi connectivity index (χ0v) is 14.0. The Morgan fingerprint density at radius 2 is 1.91 bits per heavy atom. The van der Waals surface area contributed by atoms with E-state index in [9.17, 15) is 4.79 Å². The Morgan fingerprint density at radius 1 is 1.13 bits per heavy atom. The molecule has 126 valence electrons. The van der Waals surface area contributed by atoms with E-state index >= 15 is 0 Å². The molecule has 0 aliphatic carbocycles. The number of carbonyl (C=O) groups excluding carboxylic acids is 1. The van der Waals surface area contributed by atoms with E-state index in [1.807, 2.05) is 24.3 Å². The van der Waals surface area contributed by atoms with Crippen LogP contribution in [0, 0.1) is 5.92 Å². The highest BCUT2D eigenvalue weighted by molar-refractivity contribution is 5.72. The van der Waals surface area contributed by atoms with E-state index < -0.39 is 0 Å².